The summed E-state index contributed by atoms with van der Waals surface area (Å²) in [5.41, 5.74) is 3.93. The summed E-state index contributed by atoms with van der Waals surface area (Å²) in [5.74, 6) is 2.31. The average molecular weight is 280 g/mol. The lowest BCUT2D eigenvalue weighted by molar-refractivity contribution is 0.351. The van der Waals surface area contributed by atoms with E-state index in [2.05, 4.69) is 43.9 Å². The van der Waals surface area contributed by atoms with Gasteiger partial charge >= 0.3 is 0 Å². The lowest BCUT2D eigenvalue weighted by atomic mass is 9.89. The van der Waals surface area contributed by atoms with Crippen molar-refractivity contribution in [3.8, 4) is 0 Å². The van der Waals surface area contributed by atoms with Crippen molar-refractivity contribution < 1.29 is 0 Å². The van der Waals surface area contributed by atoms with Crippen LogP contribution in [0.3, 0.4) is 0 Å². The van der Waals surface area contributed by atoms with Gasteiger partial charge in [-0.3, -0.25) is 0 Å². The Morgan fingerprint density at radius 1 is 1.26 bits per heavy atom. The van der Waals surface area contributed by atoms with Gasteiger partial charge in [0.25, 0.3) is 0 Å². The summed E-state index contributed by atoms with van der Waals surface area (Å²) < 4.78 is 0. The van der Waals surface area contributed by atoms with E-state index in [4.69, 9.17) is 11.6 Å². The molecule has 0 amide bonds. The second kappa shape index (κ2) is 6.65. The first-order valence-electron chi connectivity index (χ1n) is 7.52. The predicted molar refractivity (Wildman–Crippen MR) is 85.1 cm³/mol. The number of anilines is 1. The van der Waals surface area contributed by atoms with Crippen molar-refractivity contribution >= 4 is 17.3 Å². The zero-order valence-electron chi connectivity index (χ0n) is 12.5. The molecule has 2 rings (SSSR count). The van der Waals surface area contributed by atoms with Crippen LogP contribution in [0.4, 0.5) is 5.69 Å². The van der Waals surface area contributed by atoms with Crippen molar-refractivity contribution in [3.05, 3.63) is 29.3 Å². The monoisotopic (exact) mass is 279 g/mol. The van der Waals surface area contributed by atoms with Crippen LogP contribution in [-0.2, 0) is 5.88 Å². The number of aryl methyl sites for hydroxylation is 1. The van der Waals surface area contributed by atoms with Crippen LogP contribution in [0.2, 0.25) is 0 Å². The Morgan fingerprint density at radius 3 is 2.74 bits per heavy atom. The van der Waals surface area contributed by atoms with Gasteiger partial charge in [0.1, 0.15) is 0 Å². The second-order valence-electron chi connectivity index (χ2n) is 6.19. The van der Waals surface area contributed by atoms with Gasteiger partial charge in [0, 0.05) is 24.7 Å². The maximum Gasteiger partial charge on any atom is 0.0494 e. The quantitative estimate of drug-likeness (QED) is 0.704. The van der Waals surface area contributed by atoms with Crippen LogP contribution in [0.15, 0.2) is 18.2 Å². The van der Waals surface area contributed by atoms with Crippen molar-refractivity contribution in [1.82, 2.24) is 0 Å². The van der Waals surface area contributed by atoms with E-state index in [1.807, 2.05) is 0 Å². The number of alkyl halides is 1. The number of hydrogen-bond acceptors (Lipinski definition) is 1. The van der Waals surface area contributed by atoms with Gasteiger partial charge in [-0.05, 0) is 49.7 Å². The van der Waals surface area contributed by atoms with Crippen LogP contribution < -0.4 is 4.90 Å². The van der Waals surface area contributed by atoms with E-state index >= 15 is 0 Å². The van der Waals surface area contributed by atoms with Gasteiger partial charge in [-0.1, -0.05) is 31.5 Å². The molecule has 1 aliphatic heterocycles. The third kappa shape index (κ3) is 3.66. The number of rotatable bonds is 3. The molecule has 1 heterocycles. The van der Waals surface area contributed by atoms with Gasteiger partial charge in [0.05, 0.1) is 0 Å². The minimum atomic E-state index is 0.612. The standard InChI is InChI=1S/C17H26ClN/c1-13(2)15-5-4-9-19(10-8-15)17-7-6-14(3)11-16(17)12-18/h6-7,11,13,15H,4-5,8-10,12H2,1-3H3. The summed E-state index contributed by atoms with van der Waals surface area (Å²) in [7, 11) is 0. The lowest BCUT2D eigenvalue weighted by Crippen LogP contribution is -2.25. The third-order valence-corrected chi connectivity index (χ3v) is 4.72. The molecule has 1 nitrogen and oxygen atoms in total. The number of hydrogen-bond donors (Lipinski definition) is 0. The maximum atomic E-state index is 6.12. The molecule has 1 fully saturated rings. The van der Waals surface area contributed by atoms with Gasteiger partial charge in [0.15, 0.2) is 0 Å². The highest BCUT2D eigenvalue weighted by Gasteiger charge is 2.20. The molecule has 0 aromatic heterocycles. The van der Waals surface area contributed by atoms with E-state index in [-0.39, 0.29) is 0 Å². The first-order chi connectivity index (χ1) is 9.11. The fourth-order valence-corrected chi connectivity index (χ4v) is 3.37. The molecule has 1 aromatic rings. The second-order valence-corrected chi connectivity index (χ2v) is 6.46. The lowest BCUT2D eigenvalue weighted by Gasteiger charge is -2.26. The van der Waals surface area contributed by atoms with Gasteiger partial charge in [0.2, 0.25) is 0 Å². The summed E-state index contributed by atoms with van der Waals surface area (Å²) in [4.78, 5) is 2.54. The number of nitrogens with zero attached hydrogens (tertiary/aromatic N) is 1. The van der Waals surface area contributed by atoms with Crippen LogP contribution in [0.25, 0.3) is 0 Å². The molecule has 0 saturated carbocycles. The summed E-state index contributed by atoms with van der Waals surface area (Å²) in [6.45, 7) is 9.20. The molecule has 19 heavy (non-hydrogen) atoms. The van der Waals surface area contributed by atoms with Gasteiger partial charge in [-0.15, -0.1) is 11.6 Å². The third-order valence-electron chi connectivity index (χ3n) is 4.44. The van der Waals surface area contributed by atoms with Gasteiger partial charge in [-0.25, -0.2) is 0 Å². The van der Waals surface area contributed by atoms with Gasteiger partial charge < -0.3 is 4.90 Å². The van der Waals surface area contributed by atoms with Crippen molar-refractivity contribution in [2.75, 3.05) is 18.0 Å². The van der Waals surface area contributed by atoms with E-state index in [1.165, 1.54) is 49.2 Å². The van der Waals surface area contributed by atoms with E-state index < -0.39 is 0 Å². The molecule has 0 aliphatic carbocycles. The summed E-state index contributed by atoms with van der Waals surface area (Å²) >= 11 is 6.12. The minimum absolute atomic E-state index is 0.612. The van der Waals surface area contributed by atoms with E-state index in [0.29, 0.717) is 5.88 Å². The Bertz CT molecular complexity index is 414. The zero-order valence-corrected chi connectivity index (χ0v) is 13.2. The minimum Gasteiger partial charge on any atom is -0.371 e. The fraction of sp³-hybridized carbons (Fsp3) is 0.647. The molecular formula is C17H26ClN. The van der Waals surface area contributed by atoms with Crippen LogP contribution in [-0.4, -0.2) is 13.1 Å². The average Bonchev–Trinajstić information content (AvgIpc) is 2.64. The predicted octanol–water partition coefficient (Wildman–Crippen LogP) is 5.00. The molecule has 0 bridgehead atoms. The largest absolute Gasteiger partial charge is 0.371 e. The molecule has 1 atom stereocenters. The highest BCUT2D eigenvalue weighted by atomic mass is 35.5. The van der Waals surface area contributed by atoms with E-state index in [0.717, 1.165) is 11.8 Å². The molecule has 2 heteroatoms. The Labute approximate surface area is 123 Å². The molecular weight excluding hydrogens is 254 g/mol. The highest BCUT2D eigenvalue weighted by molar-refractivity contribution is 6.17. The number of benzene rings is 1. The molecule has 0 radical (unpaired) electrons. The normalized spacial score (nSPS) is 20.7. The van der Waals surface area contributed by atoms with Crippen molar-refractivity contribution in [2.24, 2.45) is 11.8 Å². The van der Waals surface area contributed by atoms with Gasteiger partial charge in [-0.2, -0.15) is 0 Å². The SMILES string of the molecule is Cc1ccc(N2CCCC(C(C)C)CC2)c(CCl)c1. The number of halogens is 1. The van der Waals surface area contributed by atoms with Crippen LogP contribution in [0.5, 0.6) is 0 Å². The molecule has 0 N–H and O–H groups in total. The van der Waals surface area contributed by atoms with E-state index in [1.54, 1.807) is 0 Å². The van der Waals surface area contributed by atoms with Crippen molar-refractivity contribution in [1.29, 1.82) is 0 Å². The Kier molecular flexibility index (Phi) is 5.15. The molecule has 0 spiro atoms. The molecule has 1 aromatic carbocycles. The Morgan fingerprint density at radius 2 is 2.05 bits per heavy atom. The molecule has 1 unspecified atom stereocenters. The Hall–Kier alpha value is -0.690. The summed E-state index contributed by atoms with van der Waals surface area (Å²) in [5, 5.41) is 0. The summed E-state index contributed by atoms with van der Waals surface area (Å²) in [6.07, 6.45) is 3.99. The Balaban J connectivity index is 2.14. The van der Waals surface area contributed by atoms with E-state index in [9.17, 15) is 0 Å². The van der Waals surface area contributed by atoms with Crippen LogP contribution >= 0.6 is 11.6 Å². The van der Waals surface area contributed by atoms with Crippen molar-refractivity contribution in [2.45, 2.75) is 45.9 Å². The van der Waals surface area contributed by atoms with Crippen molar-refractivity contribution in [3.63, 3.8) is 0 Å². The van der Waals surface area contributed by atoms with Crippen LogP contribution in [0.1, 0.15) is 44.2 Å². The topological polar surface area (TPSA) is 3.24 Å². The fourth-order valence-electron chi connectivity index (χ4n) is 3.16. The zero-order chi connectivity index (χ0) is 13.8. The first kappa shape index (κ1) is 14.7. The molecule has 1 saturated heterocycles. The first-order valence-corrected chi connectivity index (χ1v) is 8.05. The highest BCUT2D eigenvalue weighted by Crippen LogP contribution is 2.30. The van der Waals surface area contributed by atoms with Crippen LogP contribution in [0, 0.1) is 18.8 Å². The maximum absolute atomic E-state index is 6.12. The summed E-state index contributed by atoms with van der Waals surface area (Å²) in [6, 6.07) is 6.69. The molecule has 1 aliphatic rings. The smallest absolute Gasteiger partial charge is 0.0494 e. The molecule has 106 valence electrons.